The van der Waals surface area contributed by atoms with Gasteiger partial charge in [-0.1, -0.05) is 20.8 Å². The Labute approximate surface area is 213 Å². The number of amides is 2. The Morgan fingerprint density at radius 2 is 1.53 bits per heavy atom. The monoisotopic (exact) mass is 499 g/mol. The predicted octanol–water partition coefficient (Wildman–Crippen LogP) is 4.43. The molecule has 9 heteroatoms. The molecule has 2 amide bonds. The van der Waals surface area contributed by atoms with Gasteiger partial charge in [0.2, 0.25) is 0 Å². The van der Waals surface area contributed by atoms with Crippen molar-refractivity contribution in [2.24, 2.45) is 5.41 Å². The van der Waals surface area contributed by atoms with E-state index in [1.807, 2.05) is 19.1 Å². The van der Waals surface area contributed by atoms with Crippen LogP contribution in [-0.4, -0.2) is 70.2 Å². The van der Waals surface area contributed by atoms with Gasteiger partial charge in [-0.25, -0.2) is 14.2 Å². The Morgan fingerprint density at radius 3 is 2.06 bits per heavy atom. The minimum Gasteiger partial charge on any atom is -0.378 e. The maximum atomic E-state index is 14.9. The first-order valence-electron chi connectivity index (χ1n) is 12.7. The van der Waals surface area contributed by atoms with Crippen molar-refractivity contribution in [2.75, 3.05) is 74.3 Å². The van der Waals surface area contributed by atoms with Crippen LogP contribution in [0.5, 0.6) is 0 Å². The zero-order valence-electron chi connectivity index (χ0n) is 21.8. The van der Waals surface area contributed by atoms with Gasteiger partial charge in [-0.15, -0.1) is 0 Å². The predicted molar refractivity (Wildman–Crippen MR) is 142 cm³/mol. The first kappa shape index (κ1) is 26.2. The Balaban J connectivity index is 1.63. The number of nitrogens with one attached hydrogen (secondary N) is 2. The van der Waals surface area contributed by atoms with Crippen LogP contribution in [0, 0.1) is 18.2 Å². The van der Waals surface area contributed by atoms with Crippen molar-refractivity contribution in [3.8, 4) is 11.1 Å². The highest BCUT2D eigenvalue weighted by Crippen LogP contribution is 2.34. The average molecular weight is 500 g/mol. The van der Waals surface area contributed by atoms with Crippen molar-refractivity contribution in [1.82, 2.24) is 10.3 Å². The van der Waals surface area contributed by atoms with E-state index in [0.29, 0.717) is 33.0 Å². The minimum absolute atomic E-state index is 0.104. The van der Waals surface area contributed by atoms with Crippen LogP contribution >= 0.6 is 0 Å². The van der Waals surface area contributed by atoms with E-state index in [2.05, 4.69) is 41.2 Å². The van der Waals surface area contributed by atoms with E-state index in [1.165, 1.54) is 6.07 Å². The summed E-state index contributed by atoms with van der Waals surface area (Å²) in [6, 6.07) is 6.87. The molecule has 0 unspecified atom stereocenters. The van der Waals surface area contributed by atoms with Crippen LogP contribution in [0.4, 0.5) is 26.5 Å². The summed E-state index contributed by atoms with van der Waals surface area (Å²) in [4.78, 5) is 21.9. The Morgan fingerprint density at radius 1 is 0.972 bits per heavy atom. The summed E-state index contributed by atoms with van der Waals surface area (Å²) >= 11 is 0. The fourth-order valence-corrected chi connectivity index (χ4v) is 4.36. The molecule has 0 spiro atoms. The largest absolute Gasteiger partial charge is 0.378 e. The van der Waals surface area contributed by atoms with Crippen LogP contribution in [0.1, 0.15) is 32.8 Å². The topological polar surface area (TPSA) is 79.0 Å². The van der Waals surface area contributed by atoms with Crippen molar-refractivity contribution < 1.29 is 18.7 Å². The lowest BCUT2D eigenvalue weighted by Crippen LogP contribution is -2.39. The number of halogens is 1. The number of aromatic nitrogens is 1. The van der Waals surface area contributed by atoms with Crippen molar-refractivity contribution in [1.29, 1.82) is 0 Å². The lowest BCUT2D eigenvalue weighted by Gasteiger charge is -2.32. The van der Waals surface area contributed by atoms with Crippen LogP contribution in [0.2, 0.25) is 0 Å². The second-order valence-corrected chi connectivity index (χ2v) is 10.6. The number of hydrogen-bond donors (Lipinski definition) is 2. The standard InChI is InChI=1S/C27H38FN5O3/c1-19-15-22(28)23(30-26(34)29-6-5-27(2,3)4)18-21(19)20-16-24(32-7-11-35-12-8-32)31-25(17-20)33-9-13-36-14-10-33/h15-18H,5-14H2,1-4H3,(H2,29,30,34). The van der Waals surface area contributed by atoms with Gasteiger partial charge < -0.3 is 29.9 Å². The second-order valence-electron chi connectivity index (χ2n) is 10.6. The third-order valence-corrected chi connectivity index (χ3v) is 6.50. The fourth-order valence-electron chi connectivity index (χ4n) is 4.36. The Kier molecular flexibility index (Phi) is 8.31. The normalized spacial score (nSPS) is 16.7. The highest BCUT2D eigenvalue weighted by molar-refractivity contribution is 5.90. The number of aryl methyl sites for hydroxylation is 1. The van der Waals surface area contributed by atoms with E-state index in [4.69, 9.17) is 14.5 Å². The lowest BCUT2D eigenvalue weighted by molar-refractivity contribution is 0.121. The molecule has 8 nitrogen and oxygen atoms in total. The van der Waals surface area contributed by atoms with Crippen molar-refractivity contribution in [2.45, 2.75) is 34.1 Å². The van der Waals surface area contributed by atoms with Gasteiger partial charge in [0.15, 0.2) is 0 Å². The Bertz CT molecular complexity index is 1020. The first-order chi connectivity index (χ1) is 17.2. The molecule has 196 valence electrons. The summed E-state index contributed by atoms with van der Waals surface area (Å²) < 4.78 is 25.9. The number of rotatable bonds is 6. The quantitative estimate of drug-likeness (QED) is 0.612. The summed E-state index contributed by atoms with van der Waals surface area (Å²) in [5.41, 5.74) is 2.84. The molecule has 0 atom stereocenters. The maximum absolute atomic E-state index is 14.9. The van der Waals surface area contributed by atoms with E-state index in [0.717, 1.165) is 60.9 Å². The average Bonchev–Trinajstić information content (AvgIpc) is 2.85. The lowest BCUT2D eigenvalue weighted by atomic mass is 9.92. The zero-order chi connectivity index (χ0) is 25.7. The molecule has 1 aromatic carbocycles. The molecule has 0 saturated carbocycles. The number of urea groups is 1. The minimum atomic E-state index is -0.460. The van der Waals surface area contributed by atoms with Gasteiger partial charge in [-0.3, -0.25) is 0 Å². The molecule has 0 bridgehead atoms. The molecule has 4 rings (SSSR count). The van der Waals surface area contributed by atoms with Gasteiger partial charge in [-0.2, -0.15) is 0 Å². The molecule has 2 aliphatic rings. The van der Waals surface area contributed by atoms with E-state index in [-0.39, 0.29) is 11.1 Å². The van der Waals surface area contributed by atoms with Gasteiger partial charge in [0.05, 0.1) is 32.1 Å². The SMILES string of the molecule is Cc1cc(F)c(NC(=O)NCCC(C)(C)C)cc1-c1cc(N2CCOCC2)nc(N2CCOCC2)c1. The van der Waals surface area contributed by atoms with Crippen LogP contribution in [-0.2, 0) is 9.47 Å². The number of benzene rings is 1. The molecule has 2 N–H and O–H groups in total. The molecular formula is C27H38FN5O3. The van der Waals surface area contributed by atoms with Gasteiger partial charge >= 0.3 is 6.03 Å². The highest BCUT2D eigenvalue weighted by atomic mass is 19.1. The third-order valence-electron chi connectivity index (χ3n) is 6.50. The molecule has 36 heavy (non-hydrogen) atoms. The molecule has 1 aromatic heterocycles. The number of carbonyl (C=O) groups is 1. The summed E-state index contributed by atoms with van der Waals surface area (Å²) in [5.74, 6) is 1.28. The van der Waals surface area contributed by atoms with Crippen LogP contribution in [0.25, 0.3) is 11.1 Å². The zero-order valence-corrected chi connectivity index (χ0v) is 21.8. The molecule has 2 fully saturated rings. The summed E-state index contributed by atoms with van der Waals surface area (Å²) in [6.45, 7) is 14.5. The number of carbonyl (C=O) groups excluding carboxylic acids is 1. The van der Waals surface area contributed by atoms with Crippen molar-refractivity contribution >= 4 is 23.4 Å². The third kappa shape index (κ3) is 6.85. The molecule has 2 aliphatic heterocycles. The smallest absolute Gasteiger partial charge is 0.319 e. The van der Waals surface area contributed by atoms with E-state index < -0.39 is 11.8 Å². The van der Waals surface area contributed by atoms with Crippen LogP contribution in [0.3, 0.4) is 0 Å². The number of ether oxygens (including phenoxy) is 2. The molecule has 0 aliphatic carbocycles. The van der Waals surface area contributed by atoms with Crippen molar-refractivity contribution in [3.63, 3.8) is 0 Å². The maximum Gasteiger partial charge on any atom is 0.319 e. The first-order valence-corrected chi connectivity index (χ1v) is 12.7. The molecule has 0 radical (unpaired) electrons. The Hall–Kier alpha value is -2.91. The summed E-state index contributed by atoms with van der Waals surface area (Å²) in [5, 5.41) is 5.52. The van der Waals surface area contributed by atoms with Crippen molar-refractivity contribution in [3.05, 3.63) is 35.6 Å². The van der Waals surface area contributed by atoms with Crippen LogP contribution < -0.4 is 20.4 Å². The molecule has 2 saturated heterocycles. The summed E-state index contributed by atoms with van der Waals surface area (Å²) in [7, 11) is 0. The number of hydrogen-bond acceptors (Lipinski definition) is 6. The van der Waals surface area contributed by atoms with E-state index >= 15 is 0 Å². The van der Waals surface area contributed by atoms with Gasteiger partial charge in [0.1, 0.15) is 17.5 Å². The molecule has 2 aromatic rings. The van der Waals surface area contributed by atoms with E-state index in [1.54, 1.807) is 6.07 Å². The van der Waals surface area contributed by atoms with Gasteiger partial charge in [0.25, 0.3) is 0 Å². The second kappa shape index (κ2) is 11.4. The molecule has 3 heterocycles. The number of morpholine rings is 2. The number of pyridine rings is 1. The van der Waals surface area contributed by atoms with E-state index in [9.17, 15) is 9.18 Å². The summed E-state index contributed by atoms with van der Waals surface area (Å²) in [6.07, 6.45) is 0.827. The number of anilines is 3. The highest BCUT2D eigenvalue weighted by Gasteiger charge is 2.20. The molecular weight excluding hydrogens is 461 g/mol. The van der Waals surface area contributed by atoms with Crippen LogP contribution in [0.15, 0.2) is 24.3 Å². The number of nitrogens with zero attached hydrogens (tertiary/aromatic N) is 3. The fraction of sp³-hybridized carbons (Fsp3) is 0.556. The van der Waals surface area contributed by atoms with Gasteiger partial charge in [-0.05, 0) is 59.7 Å². The van der Waals surface area contributed by atoms with Gasteiger partial charge in [0, 0.05) is 32.7 Å².